The summed E-state index contributed by atoms with van der Waals surface area (Å²) in [6.07, 6.45) is 4.78. The van der Waals surface area contributed by atoms with Crippen molar-refractivity contribution in [2.45, 2.75) is 6.92 Å². The third kappa shape index (κ3) is 4.17. The van der Waals surface area contributed by atoms with Crippen LogP contribution in [0, 0.1) is 17.0 Å². The predicted octanol–water partition coefficient (Wildman–Crippen LogP) is 4.67. The number of rotatable bonds is 5. The van der Waals surface area contributed by atoms with Gasteiger partial charge in [0.15, 0.2) is 0 Å². The van der Waals surface area contributed by atoms with Crippen LogP contribution in [0.15, 0.2) is 53.6 Å². The zero-order chi connectivity index (χ0) is 15.9. The van der Waals surface area contributed by atoms with E-state index in [0.29, 0.717) is 10.6 Å². The molecule has 0 heterocycles. The fourth-order valence-corrected chi connectivity index (χ4v) is 1.94. The maximum Gasteiger partial charge on any atom is 0.276 e. The average molecular weight is 316 g/mol. The molecule has 0 unspecified atom stereocenters. The van der Waals surface area contributed by atoms with E-state index in [1.165, 1.54) is 12.3 Å². The molecule has 0 bridgehead atoms. The van der Waals surface area contributed by atoms with Crippen molar-refractivity contribution in [3.8, 4) is 0 Å². The van der Waals surface area contributed by atoms with E-state index in [4.69, 9.17) is 11.6 Å². The minimum atomic E-state index is -0.413. The third-order valence-corrected chi connectivity index (χ3v) is 3.34. The van der Waals surface area contributed by atoms with Crippen LogP contribution in [0.1, 0.15) is 11.1 Å². The van der Waals surface area contributed by atoms with Crippen molar-refractivity contribution in [2.24, 2.45) is 5.10 Å². The summed E-state index contributed by atoms with van der Waals surface area (Å²) in [5, 5.41) is 15.5. The molecule has 0 atom stereocenters. The van der Waals surface area contributed by atoms with Crippen LogP contribution >= 0.6 is 11.6 Å². The van der Waals surface area contributed by atoms with Gasteiger partial charge in [0.1, 0.15) is 0 Å². The molecule has 0 fully saturated rings. The van der Waals surface area contributed by atoms with E-state index >= 15 is 0 Å². The molecule has 1 N–H and O–H groups in total. The van der Waals surface area contributed by atoms with Crippen molar-refractivity contribution in [3.05, 3.63) is 74.8 Å². The van der Waals surface area contributed by atoms with Crippen molar-refractivity contribution in [1.29, 1.82) is 0 Å². The van der Waals surface area contributed by atoms with Gasteiger partial charge in [-0.15, -0.1) is 0 Å². The van der Waals surface area contributed by atoms with Crippen LogP contribution in [-0.2, 0) is 0 Å². The summed E-state index contributed by atoms with van der Waals surface area (Å²) >= 11 is 6.01. The summed E-state index contributed by atoms with van der Waals surface area (Å²) in [5.41, 5.74) is 5.18. The van der Waals surface area contributed by atoms with Gasteiger partial charge in [-0.05, 0) is 42.8 Å². The van der Waals surface area contributed by atoms with Gasteiger partial charge >= 0.3 is 0 Å². The quantitative estimate of drug-likeness (QED) is 0.495. The Balaban J connectivity index is 2.00. The van der Waals surface area contributed by atoms with E-state index in [-0.39, 0.29) is 5.69 Å². The zero-order valence-electron chi connectivity index (χ0n) is 11.9. The van der Waals surface area contributed by atoms with Crippen LogP contribution < -0.4 is 5.43 Å². The molecule has 0 spiro atoms. The lowest BCUT2D eigenvalue weighted by atomic mass is 10.2. The first kappa shape index (κ1) is 15.7. The molecule has 0 aliphatic carbocycles. The molecule has 0 radical (unpaired) electrons. The number of halogens is 1. The Labute approximate surface area is 133 Å². The topological polar surface area (TPSA) is 67.5 Å². The lowest BCUT2D eigenvalue weighted by Crippen LogP contribution is -1.91. The largest absolute Gasteiger partial charge is 0.278 e. The number of para-hydroxylation sites is 1. The third-order valence-electron chi connectivity index (χ3n) is 2.94. The molecule has 0 saturated heterocycles. The van der Waals surface area contributed by atoms with E-state index in [1.807, 2.05) is 19.1 Å². The lowest BCUT2D eigenvalue weighted by Gasteiger charge is -2.02. The van der Waals surface area contributed by atoms with E-state index in [1.54, 1.807) is 36.4 Å². The monoisotopic (exact) mass is 315 g/mol. The number of nitro groups is 1. The van der Waals surface area contributed by atoms with Crippen LogP contribution in [0.3, 0.4) is 0 Å². The highest BCUT2D eigenvalue weighted by molar-refractivity contribution is 6.31. The number of aryl methyl sites for hydroxylation is 1. The molecule has 2 aromatic carbocycles. The summed E-state index contributed by atoms with van der Waals surface area (Å²) < 4.78 is 0. The van der Waals surface area contributed by atoms with Gasteiger partial charge in [0, 0.05) is 17.3 Å². The van der Waals surface area contributed by atoms with Gasteiger partial charge in [-0.25, -0.2) is 0 Å². The summed E-state index contributed by atoms with van der Waals surface area (Å²) in [4.78, 5) is 10.5. The highest BCUT2D eigenvalue weighted by atomic mass is 35.5. The van der Waals surface area contributed by atoms with Crippen molar-refractivity contribution < 1.29 is 4.92 Å². The van der Waals surface area contributed by atoms with Crippen molar-refractivity contribution in [1.82, 2.24) is 0 Å². The minimum Gasteiger partial charge on any atom is -0.278 e. The molecule has 0 saturated carbocycles. The minimum absolute atomic E-state index is 0.0606. The maximum atomic E-state index is 10.9. The second-order valence-corrected chi connectivity index (χ2v) is 4.94. The Morgan fingerprint density at radius 2 is 2.05 bits per heavy atom. The van der Waals surface area contributed by atoms with Gasteiger partial charge in [0.2, 0.25) is 0 Å². The summed E-state index contributed by atoms with van der Waals surface area (Å²) in [6, 6.07) is 12.1. The number of nitrogens with zero attached hydrogens (tertiary/aromatic N) is 2. The van der Waals surface area contributed by atoms with E-state index in [0.717, 1.165) is 11.3 Å². The summed E-state index contributed by atoms with van der Waals surface area (Å²) in [5.74, 6) is 0. The van der Waals surface area contributed by atoms with Gasteiger partial charge in [-0.3, -0.25) is 15.5 Å². The molecule has 5 nitrogen and oxygen atoms in total. The van der Waals surface area contributed by atoms with Gasteiger partial charge in [0.25, 0.3) is 5.69 Å². The van der Waals surface area contributed by atoms with Gasteiger partial charge in [-0.1, -0.05) is 29.8 Å². The molecule has 22 heavy (non-hydrogen) atoms. The highest BCUT2D eigenvalue weighted by Crippen LogP contribution is 2.20. The molecular formula is C16H14ClN3O2. The second kappa shape index (κ2) is 7.38. The fraction of sp³-hybridized carbons (Fsp3) is 0.0625. The van der Waals surface area contributed by atoms with Crippen LogP contribution in [0.2, 0.25) is 5.02 Å². The zero-order valence-corrected chi connectivity index (χ0v) is 12.6. The fourth-order valence-electron chi connectivity index (χ4n) is 1.76. The van der Waals surface area contributed by atoms with Crippen molar-refractivity contribution in [3.63, 3.8) is 0 Å². The normalized spacial score (nSPS) is 11.2. The molecule has 2 rings (SSSR count). The number of hydrogen-bond acceptors (Lipinski definition) is 4. The Hall–Kier alpha value is -2.66. The van der Waals surface area contributed by atoms with Crippen molar-refractivity contribution in [2.75, 3.05) is 5.43 Å². The number of benzene rings is 2. The van der Waals surface area contributed by atoms with Crippen LogP contribution in [-0.4, -0.2) is 11.1 Å². The smallest absolute Gasteiger partial charge is 0.276 e. The molecule has 2 aromatic rings. The predicted molar refractivity (Wildman–Crippen MR) is 90.4 cm³/mol. The summed E-state index contributed by atoms with van der Waals surface area (Å²) in [6.45, 7) is 1.92. The van der Waals surface area contributed by atoms with E-state index in [2.05, 4.69) is 10.5 Å². The maximum absolute atomic E-state index is 10.9. The number of hydrazone groups is 1. The van der Waals surface area contributed by atoms with E-state index in [9.17, 15) is 10.1 Å². The second-order valence-electron chi connectivity index (χ2n) is 4.53. The van der Waals surface area contributed by atoms with Gasteiger partial charge < -0.3 is 0 Å². The molecule has 0 aromatic heterocycles. The standard InChI is InChI=1S/C16H14ClN3O2/c1-12-8-9-14(11-15(12)17)19-18-10-4-6-13-5-2-3-7-16(13)20(21)22/h2-11,19H,1H3/b6-4+,18-10-. The number of nitrogens with one attached hydrogen (secondary N) is 1. The molecule has 6 heteroatoms. The van der Waals surface area contributed by atoms with Crippen LogP contribution in [0.5, 0.6) is 0 Å². The molecule has 0 aliphatic heterocycles. The first-order chi connectivity index (χ1) is 10.6. The van der Waals surface area contributed by atoms with Crippen LogP contribution in [0.25, 0.3) is 6.08 Å². The number of anilines is 1. The Kier molecular flexibility index (Phi) is 5.27. The number of hydrogen-bond donors (Lipinski definition) is 1. The molecule has 0 aliphatic rings. The Bertz CT molecular complexity index is 742. The Morgan fingerprint density at radius 1 is 1.27 bits per heavy atom. The molecule has 112 valence electrons. The highest BCUT2D eigenvalue weighted by Gasteiger charge is 2.08. The number of allylic oxidation sites excluding steroid dienone is 1. The average Bonchev–Trinajstić information content (AvgIpc) is 2.50. The lowest BCUT2D eigenvalue weighted by molar-refractivity contribution is -0.385. The first-order valence-electron chi connectivity index (χ1n) is 6.53. The van der Waals surface area contributed by atoms with Crippen molar-refractivity contribution >= 4 is 35.3 Å². The SMILES string of the molecule is Cc1ccc(N/N=C\C=C\c2ccccc2[N+](=O)[O-])cc1Cl. The Morgan fingerprint density at radius 3 is 2.77 bits per heavy atom. The van der Waals surface area contributed by atoms with Crippen LogP contribution in [0.4, 0.5) is 11.4 Å². The van der Waals surface area contributed by atoms with Gasteiger partial charge in [-0.2, -0.15) is 5.10 Å². The summed E-state index contributed by atoms with van der Waals surface area (Å²) in [7, 11) is 0. The first-order valence-corrected chi connectivity index (χ1v) is 6.91. The molecular weight excluding hydrogens is 302 g/mol. The number of nitro benzene ring substituents is 1. The van der Waals surface area contributed by atoms with Gasteiger partial charge in [0.05, 0.1) is 16.2 Å². The molecule has 0 amide bonds. The van der Waals surface area contributed by atoms with E-state index < -0.39 is 4.92 Å².